The van der Waals surface area contributed by atoms with Gasteiger partial charge < -0.3 is 9.73 Å². The van der Waals surface area contributed by atoms with E-state index >= 15 is 0 Å². The van der Waals surface area contributed by atoms with Crippen LogP contribution in [0.1, 0.15) is 18.5 Å². The zero-order valence-corrected chi connectivity index (χ0v) is 7.87. The van der Waals surface area contributed by atoms with Gasteiger partial charge in [-0.1, -0.05) is 18.2 Å². The van der Waals surface area contributed by atoms with Gasteiger partial charge in [0.15, 0.2) is 0 Å². The van der Waals surface area contributed by atoms with Gasteiger partial charge in [0.1, 0.15) is 5.58 Å². The van der Waals surface area contributed by atoms with Crippen molar-refractivity contribution in [1.29, 1.82) is 0 Å². The molecule has 1 N–H and O–H groups in total. The summed E-state index contributed by atoms with van der Waals surface area (Å²) >= 11 is 0. The molecule has 1 aromatic carbocycles. The largest absolute Gasteiger partial charge is 0.464 e. The molecule has 0 fully saturated rings. The lowest BCUT2D eigenvalue weighted by Gasteiger charge is -2.06. The van der Waals surface area contributed by atoms with Crippen molar-refractivity contribution in [1.82, 2.24) is 5.32 Å². The highest BCUT2D eigenvalue weighted by Crippen LogP contribution is 2.25. The summed E-state index contributed by atoms with van der Waals surface area (Å²) in [6.07, 6.45) is 1.83. The molecular formula is C11H13NO. The number of nitrogens with one attached hydrogen (secondary N) is 1. The van der Waals surface area contributed by atoms with E-state index in [1.165, 1.54) is 10.9 Å². The molecule has 0 aliphatic rings. The number of para-hydroxylation sites is 1. The Labute approximate surface area is 77.6 Å². The summed E-state index contributed by atoms with van der Waals surface area (Å²) in [5.74, 6) is 0. The molecule has 2 aromatic rings. The molecular weight excluding hydrogens is 162 g/mol. The average Bonchev–Trinajstić information content (AvgIpc) is 2.60. The zero-order valence-electron chi connectivity index (χ0n) is 7.87. The van der Waals surface area contributed by atoms with E-state index in [4.69, 9.17) is 4.42 Å². The third-order valence-electron chi connectivity index (χ3n) is 2.41. The molecule has 0 bridgehead atoms. The van der Waals surface area contributed by atoms with Gasteiger partial charge in [0, 0.05) is 17.0 Å². The number of hydrogen-bond acceptors (Lipinski definition) is 2. The topological polar surface area (TPSA) is 25.2 Å². The van der Waals surface area contributed by atoms with Crippen LogP contribution < -0.4 is 5.32 Å². The predicted molar refractivity (Wildman–Crippen MR) is 53.7 cm³/mol. The quantitative estimate of drug-likeness (QED) is 0.759. The van der Waals surface area contributed by atoms with Crippen LogP contribution >= 0.6 is 0 Å². The van der Waals surface area contributed by atoms with Gasteiger partial charge >= 0.3 is 0 Å². The van der Waals surface area contributed by atoms with E-state index in [9.17, 15) is 0 Å². The van der Waals surface area contributed by atoms with Crippen molar-refractivity contribution in [2.75, 3.05) is 7.05 Å². The van der Waals surface area contributed by atoms with E-state index in [1.54, 1.807) is 0 Å². The molecule has 0 saturated carbocycles. The molecule has 68 valence electrons. The molecule has 0 radical (unpaired) electrons. The monoisotopic (exact) mass is 175 g/mol. The van der Waals surface area contributed by atoms with Crippen LogP contribution in [0.5, 0.6) is 0 Å². The Morgan fingerprint density at radius 3 is 2.85 bits per heavy atom. The summed E-state index contributed by atoms with van der Waals surface area (Å²) in [4.78, 5) is 0. The summed E-state index contributed by atoms with van der Waals surface area (Å²) in [5.41, 5.74) is 2.18. The number of rotatable bonds is 2. The highest BCUT2D eigenvalue weighted by molar-refractivity contribution is 5.81. The second-order valence-corrected chi connectivity index (χ2v) is 3.20. The van der Waals surface area contributed by atoms with Crippen LogP contribution in [0.2, 0.25) is 0 Å². The molecule has 0 aliphatic carbocycles. The lowest BCUT2D eigenvalue weighted by atomic mass is 10.1. The van der Waals surface area contributed by atoms with Gasteiger partial charge in [0.25, 0.3) is 0 Å². The lowest BCUT2D eigenvalue weighted by molar-refractivity contribution is 0.588. The molecule has 1 aromatic heterocycles. The molecule has 2 heteroatoms. The fourth-order valence-electron chi connectivity index (χ4n) is 1.49. The van der Waals surface area contributed by atoms with Crippen molar-refractivity contribution in [3.05, 3.63) is 36.1 Å². The van der Waals surface area contributed by atoms with E-state index in [1.807, 2.05) is 31.5 Å². The number of furan rings is 1. The van der Waals surface area contributed by atoms with Gasteiger partial charge in [0.2, 0.25) is 0 Å². The Balaban J connectivity index is 2.57. The van der Waals surface area contributed by atoms with Crippen molar-refractivity contribution in [2.24, 2.45) is 0 Å². The Bertz CT molecular complexity index is 405. The molecule has 2 rings (SSSR count). The first-order valence-corrected chi connectivity index (χ1v) is 4.46. The molecule has 0 saturated heterocycles. The summed E-state index contributed by atoms with van der Waals surface area (Å²) in [6, 6.07) is 8.43. The third-order valence-corrected chi connectivity index (χ3v) is 2.41. The summed E-state index contributed by atoms with van der Waals surface area (Å²) < 4.78 is 5.43. The summed E-state index contributed by atoms with van der Waals surface area (Å²) in [5, 5.41) is 4.40. The van der Waals surface area contributed by atoms with E-state index in [2.05, 4.69) is 18.3 Å². The van der Waals surface area contributed by atoms with E-state index in [-0.39, 0.29) is 0 Å². The van der Waals surface area contributed by atoms with Crippen molar-refractivity contribution >= 4 is 11.0 Å². The summed E-state index contributed by atoms with van der Waals surface area (Å²) in [6.45, 7) is 2.12. The first kappa shape index (κ1) is 8.32. The Hall–Kier alpha value is -1.28. The fraction of sp³-hybridized carbons (Fsp3) is 0.273. The molecule has 13 heavy (non-hydrogen) atoms. The number of benzene rings is 1. The number of hydrogen-bond donors (Lipinski definition) is 1. The molecule has 0 amide bonds. The molecule has 1 heterocycles. The van der Waals surface area contributed by atoms with Crippen LogP contribution in [0.4, 0.5) is 0 Å². The Morgan fingerprint density at radius 2 is 2.08 bits per heavy atom. The lowest BCUT2D eigenvalue weighted by Crippen LogP contribution is -2.11. The maximum absolute atomic E-state index is 5.43. The number of fused-ring (bicyclic) bond motifs is 1. The predicted octanol–water partition coefficient (Wildman–Crippen LogP) is 2.71. The van der Waals surface area contributed by atoms with Crippen LogP contribution in [0.15, 0.2) is 34.9 Å². The standard InChI is InChI=1S/C11H13NO/c1-8(12-2)10-7-13-11-6-4-3-5-9(10)11/h3-8,12H,1-2H3. The average molecular weight is 175 g/mol. The van der Waals surface area contributed by atoms with Crippen molar-refractivity contribution in [2.45, 2.75) is 13.0 Å². The van der Waals surface area contributed by atoms with Gasteiger partial charge in [-0.3, -0.25) is 0 Å². The van der Waals surface area contributed by atoms with Crippen molar-refractivity contribution < 1.29 is 4.42 Å². The first-order valence-electron chi connectivity index (χ1n) is 4.46. The first-order chi connectivity index (χ1) is 6.33. The minimum absolute atomic E-state index is 0.337. The van der Waals surface area contributed by atoms with E-state index < -0.39 is 0 Å². The zero-order chi connectivity index (χ0) is 9.26. The molecule has 0 spiro atoms. The van der Waals surface area contributed by atoms with Crippen molar-refractivity contribution in [3.63, 3.8) is 0 Å². The van der Waals surface area contributed by atoms with E-state index in [0.29, 0.717) is 6.04 Å². The second-order valence-electron chi connectivity index (χ2n) is 3.20. The van der Waals surface area contributed by atoms with Gasteiger partial charge in [-0.2, -0.15) is 0 Å². The summed E-state index contributed by atoms with van der Waals surface area (Å²) in [7, 11) is 1.95. The van der Waals surface area contributed by atoms with E-state index in [0.717, 1.165) is 5.58 Å². The minimum atomic E-state index is 0.337. The van der Waals surface area contributed by atoms with Gasteiger partial charge in [-0.25, -0.2) is 0 Å². The van der Waals surface area contributed by atoms with Gasteiger partial charge in [-0.15, -0.1) is 0 Å². The fourth-order valence-corrected chi connectivity index (χ4v) is 1.49. The highest BCUT2D eigenvalue weighted by atomic mass is 16.3. The Kier molecular flexibility index (Phi) is 2.07. The second kappa shape index (κ2) is 3.23. The maximum Gasteiger partial charge on any atom is 0.134 e. The molecule has 0 aliphatic heterocycles. The SMILES string of the molecule is CNC(C)c1coc2ccccc12. The Morgan fingerprint density at radius 1 is 1.31 bits per heavy atom. The minimum Gasteiger partial charge on any atom is -0.464 e. The highest BCUT2D eigenvalue weighted by Gasteiger charge is 2.09. The third kappa shape index (κ3) is 1.33. The van der Waals surface area contributed by atoms with Crippen LogP contribution in [0.3, 0.4) is 0 Å². The van der Waals surface area contributed by atoms with Crippen molar-refractivity contribution in [3.8, 4) is 0 Å². The molecule has 2 nitrogen and oxygen atoms in total. The smallest absolute Gasteiger partial charge is 0.134 e. The van der Waals surface area contributed by atoms with Crippen LogP contribution in [0, 0.1) is 0 Å². The maximum atomic E-state index is 5.43. The van der Waals surface area contributed by atoms with Crippen LogP contribution in [-0.2, 0) is 0 Å². The van der Waals surface area contributed by atoms with Crippen LogP contribution in [-0.4, -0.2) is 7.05 Å². The normalized spacial score (nSPS) is 13.4. The van der Waals surface area contributed by atoms with Gasteiger partial charge in [0.05, 0.1) is 6.26 Å². The van der Waals surface area contributed by atoms with Crippen LogP contribution in [0.25, 0.3) is 11.0 Å². The molecule has 1 unspecified atom stereocenters. The van der Waals surface area contributed by atoms with Gasteiger partial charge in [-0.05, 0) is 20.0 Å². The molecule has 1 atom stereocenters.